The van der Waals surface area contributed by atoms with E-state index in [2.05, 4.69) is 4.98 Å². The molecular weight excluding hydrogens is 232 g/mol. The number of nitrogens with one attached hydrogen (secondary N) is 1. The highest BCUT2D eigenvalue weighted by atomic mass is 32.2. The Morgan fingerprint density at radius 3 is 2.62 bits per heavy atom. The molecule has 0 aliphatic carbocycles. The quantitative estimate of drug-likeness (QED) is 0.753. The molecule has 0 aromatic carbocycles. The van der Waals surface area contributed by atoms with Crippen LogP contribution < -0.4 is 5.56 Å². The Morgan fingerprint density at radius 1 is 1.31 bits per heavy atom. The van der Waals surface area contributed by atoms with Crippen molar-refractivity contribution in [1.82, 2.24) is 9.29 Å². The minimum Gasteiger partial charge on any atom is -0.379 e. The van der Waals surface area contributed by atoms with Gasteiger partial charge in [-0.1, -0.05) is 0 Å². The van der Waals surface area contributed by atoms with Crippen molar-refractivity contribution in [1.29, 1.82) is 0 Å². The molecule has 1 N–H and O–H groups in total. The summed E-state index contributed by atoms with van der Waals surface area (Å²) in [5.74, 6) is 0. The van der Waals surface area contributed by atoms with Crippen LogP contribution in [0.1, 0.15) is 0 Å². The van der Waals surface area contributed by atoms with Crippen molar-refractivity contribution in [3.8, 4) is 0 Å². The Balaban J connectivity index is 2.39. The summed E-state index contributed by atoms with van der Waals surface area (Å²) in [6.07, 6.45) is 1.40. The number of hydrogen-bond donors (Lipinski definition) is 1. The number of aromatic nitrogens is 1. The number of hydrogen-bond acceptors (Lipinski definition) is 4. The lowest BCUT2D eigenvalue weighted by Gasteiger charge is -2.25. The Morgan fingerprint density at radius 2 is 2.00 bits per heavy atom. The maximum absolute atomic E-state index is 12.1. The van der Waals surface area contributed by atoms with Crippen LogP contribution in [0.3, 0.4) is 0 Å². The Hall–Kier alpha value is -1.18. The predicted octanol–water partition coefficient (Wildman–Crippen LogP) is -0.604. The van der Waals surface area contributed by atoms with Crippen LogP contribution in [0.4, 0.5) is 0 Å². The number of morpholine rings is 1. The van der Waals surface area contributed by atoms with E-state index >= 15 is 0 Å². The molecule has 0 spiro atoms. The third-order valence-electron chi connectivity index (χ3n) is 2.37. The van der Waals surface area contributed by atoms with Crippen molar-refractivity contribution >= 4 is 10.0 Å². The fourth-order valence-electron chi connectivity index (χ4n) is 1.54. The van der Waals surface area contributed by atoms with Gasteiger partial charge in [-0.2, -0.15) is 4.31 Å². The number of pyridine rings is 1. The highest BCUT2D eigenvalue weighted by Gasteiger charge is 2.28. The summed E-state index contributed by atoms with van der Waals surface area (Å²) in [6, 6.07) is 2.80. The maximum atomic E-state index is 12.1. The van der Waals surface area contributed by atoms with Crippen molar-refractivity contribution in [2.75, 3.05) is 26.3 Å². The van der Waals surface area contributed by atoms with Crippen LogP contribution in [0.2, 0.25) is 0 Å². The second-order valence-electron chi connectivity index (χ2n) is 3.38. The van der Waals surface area contributed by atoms with Crippen molar-refractivity contribution < 1.29 is 13.2 Å². The first kappa shape index (κ1) is 11.3. The average molecular weight is 244 g/mol. The van der Waals surface area contributed by atoms with Crippen molar-refractivity contribution in [2.45, 2.75) is 4.90 Å². The van der Waals surface area contributed by atoms with E-state index in [-0.39, 0.29) is 18.0 Å². The van der Waals surface area contributed by atoms with Gasteiger partial charge in [-0.05, 0) is 12.1 Å². The Bertz CT molecular complexity index is 516. The van der Waals surface area contributed by atoms with Gasteiger partial charge in [0.25, 0.3) is 5.56 Å². The zero-order valence-electron chi connectivity index (χ0n) is 8.55. The van der Waals surface area contributed by atoms with Gasteiger partial charge in [0.2, 0.25) is 10.0 Å². The highest BCUT2D eigenvalue weighted by Crippen LogP contribution is 2.12. The lowest BCUT2D eigenvalue weighted by molar-refractivity contribution is 0.0730. The minimum absolute atomic E-state index is 0.211. The molecule has 7 heteroatoms. The fourth-order valence-corrected chi connectivity index (χ4v) is 2.99. The number of rotatable bonds is 2. The molecule has 0 radical (unpaired) electrons. The number of H-pyrrole nitrogens is 1. The van der Waals surface area contributed by atoms with Gasteiger partial charge in [0.1, 0.15) is 4.90 Å². The van der Waals surface area contributed by atoms with Gasteiger partial charge >= 0.3 is 0 Å². The predicted molar refractivity (Wildman–Crippen MR) is 56.6 cm³/mol. The molecule has 16 heavy (non-hydrogen) atoms. The van der Waals surface area contributed by atoms with E-state index in [1.54, 1.807) is 0 Å². The standard InChI is InChI=1S/C9H12N2O4S/c12-9-8(2-1-3-10-9)16(13,14)11-4-6-15-7-5-11/h1-3H,4-7H2,(H,10,12). The van der Waals surface area contributed by atoms with E-state index in [9.17, 15) is 13.2 Å². The topological polar surface area (TPSA) is 79.5 Å². The van der Waals surface area contributed by atoms with Gasteiger partial charge in [0.05, 0.1) is 13.2 Å². The number of nitrogens with zero attached hydrogens (tertiary/aromatic N) is 1. The van der Waals surface area contributed by atoms with E-state index in [4.69, 9.17) is 4.74 Å². The average Bonchev–Trinajstić information content (AvgIpc) is 2.30. The van der Waals surface area contributed by atoms with Gasteiger partial charge in [-0.15, -0.1) is 0 Å². The molecule has 0 bridgehead atoms. The summed E-state index contributed by atoms with van der Waals surface area (Å²) in [7, 11) is -3.68. The van der Waals surface area contributed by atoms with Crippen LogP contribution in [-0.2, 0) is 14.8 Å². The SMILES string of the molecule is O=c1[nH]cccc1S(=O)(=O)N1CCOCC1. The summed E-state index contributed by atoms with van der Waals surface area (Å²) in [5, 5.41) is 0. The molecule has 88 valence electrons. The smallest absolute Gasteiger partial charge is 0.268 e. The van der Waals surface area contributed by atoms with Crippen LogP contribution >= 0.6 is 0 Å². The second kappa shape index (κ2) is 4.36. The highest BCUT2D eigenvalue weighted by molar-refractivity contribution is 7.89. The molecule has 0 atom stereocenters. The molecule has 1 aliphatic heterocycles. The molecule has 0 saturated carbocycles. The lowest BCUT2D eigenvalue weighted by atomic mass is 10.5. The summed E-state index contributed by atoms with van der Waals surface area (Å²) < 4.78 is 30.5. The van der Waals surface area contributed by atoms with Crippen LogP contribution in [0.15, 0.2) is 28.0 Å². The maximum Gasteiger partial charge on any atom is 0.268 e. The van der Waals surface area contributed by atoms with E-state index in [0.717, 1.165) is 0 Å². The summed E-state index contributed by atoms with van der Waals surface area (Å²) in [4.78, 5) is 13.6. The zero-order valence-corrected chi connectivity index (χ0v) is 9.37. The van der Waals surface area contributed by atoms with Crippen LogP contribution in [0.5, 0.6) is 0 Å². The third kappa shape index (κ3) is 2.01. The van der Waals surface area contributed by atoms with Gasteiger partial charge in [-0.25, -0.2) is 8.42 Å². The van der Waals surface area contributed by atoms with Gasteiger partial charge in [0, 0.05) is 19.3 Å². The first-order chi connectivity index (χ1) is 7.62. The molecule has 0 amide bonds. The van der Waals surface area contributed by atoms with Gasteiger partial charge < -0.3 is 9.72 Å². The van der Waals surface area contributed by atoms with Crippen LogP contribution in [0, 0.1) is 0 Å². The molecule has 1 fully saturated rings. The van der Waals surface area contributed by atoms with Gasteiger partial charge in [-0.3, -0.25) is 4.79 Å². The molecular formula is C9H12N2O4S. The molecule has 1 saturated heterocycles. The van der Waals surface area contributed by atoms with Crippen LogP contribution in [-0.4, -0.2) is 44.0 Å². The summed E-state index contributed by atoms with van der Waals surface area (Å²) in [6.45, 7) is 1.31. The Kier molecular flexibility index (Phi) is 3.08. The molecule has 2 heterocycles. The second-order valence-corrected chi connectivity index (χ2v) is 5.29. The van der Waals surface area contributed by atoms with E-state index < -0.39 is 15.6 Å². The van der Waals surface area contributed by atoms with E-state index in [1.165, 1.54) is 22.6 Å². The number of sulfonamides is 1. The minimum atomic E-state index is -3.68. The first-order valence-electron chi connectivity index (χ1n) is 4.88. The fraction of sp³-hybridized carbons (Fsp3) is 0.444. The van der Waals surface area contributed by atoms with Crippen molar-refractivity contribution in [3.05, 3.63) is 28.7 Å². The van der Waals surface area contributed by atoms with Crippen LogP contribution in [0.25, 0.3) is 0 Å². The number of ether oxygens (including phenoxy) is 1. The zero-order chi connectivity index (χ0) is 11.6. The molecule has 2 rings (SSSR count). The summed E-state index contributed by atoms with van der Waals surface area (Å²) in [5.41, 5.74) is -0.589. The van der Waals surface area contributed by atoms with Crippen molar-refractivity contribution in [3.63, 3.8) is 0 Å². The number of aromatic amines is 1. The van der Waals surface area contributed by atoms with E-state index in [1.807, 2.05) is 0 Å². The van der Waals surface area contributed by atoms with Crippen molar-refractivity contribution in [2.24, 2.45) is 0 Å². The molecule has 1 aliphatic rings. The molecule has 0 unspecified atom stereocenters. The molecule has 6 nitrogen and oxygen atoms in total. The normalized spacial score (nSPS) is 18.5. The largest absolute Gasteiger partial charge is 0.379 e. The third-order valence-corrected chi connectivity index (χ3v) is 4.29. The molecule has 1 aromatic heterocycles. The summed E-state index contributed by atoms with van der Waals surface area (Å²) >= 11 is 0. The molecule has 1 aromatic rings. The monoisotopic (exact) mass is 244 g/mol. The first-order valence-corrected chi connectivity index (χ1v) is 6.32. The van der Waals surface area contributed by atoms with E-state index in [0.29, 0.717) is 13.2 Å². The lowest BCUT2D eigenvalue weighted by Crippen LogP contribution is -2.42. The van der Waals surface area contributed by atoms with Gasteiger partial charge in [0.15, 0.2) is 0 Å². The Labute approximate surface area is 92.9 Å².